The van der Waals surface area contributed by atoms with Crippen molar-refractivity contribution >= 4 is 11.6 Å². The van der Waals surface area contributed by atoms with Crippen LogP contribution in [0.15, 0.2) is 24.3 Å². The van der Waals surface area contributed by atoms with Gasteiger partial charge in [0.05, 0.1) is 0 Å². The molecule has 1 rings (SSSR count). The molecule has 0 saturated heterocycles. The third-order valence-corrected chi connectivity index (χ3v) is 1.92. The Labute approximate surface area is 84.4 Å². The van der Waals surface area contributed by atoms with E-state index in [4.69, 9.17) is 11.6 Å². The van der Waals surface area contributed by atoms with Gasteiger partial charge < -0.3 is 4.74 Å². The van der Waals surface area contributed by atoms with E-state index in [9.17, 15) is 13.2 Å². The van der Waals surface area contributed by atoms with Crippen molar-refractivity contribution in [2.75, 3.05) is 7.11 Å². The third-order valence-electron chi connectivity index (χ3n) is 1.68. The summed E-state index contributed by atoms with van der Waals surface area (Å²) < 4.78 is 41.5. The maximum atomic E-state index is 12.4. The molecule has 0 bridgehead atoms. The Morgan fingerprint density at radius 1 is 1.36 bits per heavy atom. The van der Waals surface area contributed by atoms with E-state index in [1.807, 2.05) is 0 Å². The molecule has 0 amide bonds. The molecule has 1 nitrogen and oxygen atoms in total. The smallest absolute Gasteiger partial charge is 0.367 e. The Balaban J connectivity index is 3.01. The Morgan fingerprint density at radius 3 is 2.43 bits per heavy atom. The van der Waals surface area contributed by atoms with Crippen molar-refractivity contribution in [1.82, 2.24) is 0 Å². The number of ether oxygens (including phenoxy) is 1. The Bertz CT molecular complexity index is 311. The summed E-state index contributed by atoms with van der Waals surface area (Å²) in [5.41, 5.74) is 0.00694. The molecule has 0 saturated carbocycles. The van der Waals surface area contributed by atoms with Crippen molar-refractivity contribution in [3.63, 3.8) is 0 Å². The first-order chi connectivity index (χ1) is 6.45. The highest BCUT2D eigenvalue weighted by atomic mass is 35.5. The van der Waals surface area contributed by atoms with Crippen LogP contribution >= 0.6 is 11.6 Å². The predicted octanol–water partition coefficient (Wildman–Crippen LogP) is 3.59. The molecule has 0 N–H and O–H groups in total. The lowest BCUT2D eigenvalue weighted by atomic mass is 10.1. The normalized spacial score (nSPS) is 14.1. The fourth-order valence-electron chi connectivity index (χ4n) is 1.13. The van der Waals surface area contributed by atoms with Crippen LogP contribution in [-0.2, 0) is 4.74 Å². The number of methoxy groups -OCH3 is 1. The van der Waals surface area contributed by atoms with Crippen molar-refractivity contribution < 1.29 is 17.9 Å². The third kappa shape index (κ3) is 2.62. The molecule has 1 unspecified atom stereocenters. The Hall–Kier alpha value is -0.740. The first-order valence-corrected chi connectivity index (χ1v) is 4.18. The Kier molecular flexibility index (Phi) is 3.39. The van der Waals surface area contributed by atoms with Gasteiger partial charge in [-0.2, -0.15) is 13.2 Å². The summed E-state index contributed by atoms with van der Waals surface area (Å²) in [6.45, 7) is 0. The molecule has 14 heavy (non-hydrogen) atoms. The van der Waals surface area contributed by atoms with Gasteiger partial charge in [0.1, 0.15) is 0 Å². The van der Waals surface area contributed by atoms with E-state index in [-0.39, 0.29) is 10.6 Å². The summed E-state index contributed by atoms with van der Waals surface area (Å²) in [6, 6.07) is 5.53. The average molecular weight is 225 g/mol. The van der Waals surface area contributed by atoms with Crippen LogP contribution in [0.4, 0.5) is 13.2 Å². The maximum absolute atomic E-state index is 12.4. The van der Waals surface area contributed by atoms with Gasteiger partial charge in [-0.25, -0.2) is 0 Å². The fraction of sp³-hybridized carbons (Fsp3) is 0.333. The van der Waals surface area contributed by atoms with Gasteiger partial charge in [0.15, 0.2) is 6.10 Å². The molecule has 0 aromatic heterocycles. The molecule has 0 heterocycles. The van der Waals surface area contributed by atoms with E-state index in [0.29, 0.717) is 0 Å². The summed E-state index contributed by atoms with van der Waals surface area (Å²) in [6.07, 6.45) is -6.33. The minimum atomic E-state index is -4.42. The van der Waals surface area contributed by atoms with Crippen LogP contribution in [0.1, 0.15) is 11.7 Å². The predicted molar refractivity (Wildman–Crippen MR) is 47.3 cm³/mol. The van der Waals surface area contributed by atoms with Crippen LogP contribution in [-0.4, -0.2) is 13.3 Å². The van der Waals surface area contributed by atoms with Gasteiger partial charge in [-0.3, -0.25) is 0 Å². The number of halogens is 4. The lowest BCUT2D eigenvalue weighted by Gasteiger charge is -2.18. The van der Waals surface area contributed by atoms with E-state index in [1.54, 1.807) is 0 Å². The molecular formula is C9H8ClF3O. The van der Waals surface area contributed by atoms with Crippen molar-refractivity contribution in [3.05, 3.63) is 34.9 Å². The molecule has 5 heteroatoms. The zero-order chi connectivity index (χ0) is 10.8. The van der Waals surface area contributed by atoms with Crippen LogP contribution in [0.2, 0.25) is 5.02 Å². The van der Waals surface area contributed by atoms with Crippen molar-refractivity contribution in [2.45, 2.75) is 12.3 Å². The number of benzene rings is 1. The van der Waals surface area contributed by atoms with Crippen molar-refractivity contribution in [3.8, 4) is 0 Å². The molecule has 0 aliphatic rings. The highest BCUT2D eigenvalue weighted by Crippen LogP contribution is 2.35. The van der Waals surface area contributed by atoms with E-state index in [2.05, 4.69) is 4.74 Å². The number of hydrogen-bond acceptors (Lipinski definition) is 1. The van der Waals surface area contributed by atoms with Crippen LogP contribution < -0.4 is 0 Å². The number of rotatable bonds is 2. The summed E-state index contributed by atoms with van der Waals surface area (Å²) in [7, 11) is 1.01. The topological polar surface area (TPSA) is 9.23 Å². The summed E-state index contributed by atoms with van der Waals surface area (Å²) in [5, 5.41) is 0.258. The first kappa shape index (κ1) is 11.3. The zero-order valence-corrected chi connectivity index (χ0v) is 8.06. The van der Waals surface area contributed by atoms with Gasteiger partial charge in [-0.1, -0.05) is 23.7 Å². The van der Waals surface area contributed by atoms with Gasteiger partial charge in [0.25, 0.3) is 0 Å². The second-order valence-corrected chi connectivity index (χ2v) is 3.15. The monoisotopic (exact) mass is 224 g/mol. The molecule has 1 atom stereocenters. The summed E-state index contributed by atoms with van der Waals surface area (Å²) >= 11 is 5.57. The first-order valence-electron chi connectivity index (χ1n) is 3.80. The number of alkyl halides is 3. The quantitative estimate of drug-likeness (QED) is 0.746. The largest absolute Gasteiger partial charge is 0.418 e. The molecular weight excluding hydrogens is 217 g/mol. The second kappa shape index (κ2) is 4.19. The molecule has 0 spiro atoms. The van der Waals surface area contributed by atoms with E-state index >= 15 is 0 Å². The van der Waals surface area contributed by atoms with Crippen LogP contribution in [0, 0.1) is 0 Å². The lowest BCUT2D eigenvalue weighted by Crippen LogP contribution is -2.22. The van der Waals surface area contributed by atoms with Crippen molar-refractivity contribution in [2.24, 2.45) is 0 Å². The lowest BCUT2D eigenvalue weighted by molar-refractivity contribution is -0.215. The van der Waals surface area contributed by atoms with Crippen molar-refractivity contribution in [1.29, 1.82) is 0 Å². The standard InChI is InChI=1S/C9H8ClF3O/c1-14-8(9(11,12)13)6-3-2-4-7(10)5-6/h2-5,8H,1H3. The van der Waals surface area contributed by atoms with Gasteiger partial charge in [0, 0.05) is 12.1 Å². The minimum Gasteiger partial charge on any atom is -0.367 e. The zero-order valence-electron chi connectivity index (χ0n) is 7.31. The molecule has 0 aliphatic carbocycles. The van der Waals surface area contributed by atoms with Gasteiger partial charge in [-0.05, 0) is 17.7 Å². The molecule has 0 aliphatic heterocycles. The van der Waals surface area contributed by atoms with E-state index < -0.39 is 12.3 Å². The summed E-state index contributed by atoms with van der Waals surface area (Å²) in [4.78, 5) is 0. The molecule has 78 valence electrons. The average Bonchev–Trinajstić information content (AvgIpc) is 2.02. The second-order valence-electron chi connectivity index (χ2n) is 2.71. The number of hydrogen-bond donors (Lipinski definition) is 0. The maximum Gasteiger partial charge on any atom is 0.418 e. The van der Waals surface area contributed by atoms with Gasteiger partial charge in [-0.15, -0.1) is 0 Å². The van der Waals surface area contributed by atoms with E-state index in [1.165, 1.54) is 24.3 Å². The highest BCUT2D eigenvalue weighted by Gasteiger charge is 2.41. The van der Waals surface area contributed by atoms with Crippen LogP contribution in [0.5, 0.6) is 0 Å². The van der Waals surface area contributed by atoms with E-state index in [0.717, 1.165) is 7.11 Å². The molecule has 0 fully saturated rings. The molecule has 1 aromatic rings. The molecule has 0 radical (unpaired) electrons. The molecule has 1 aromatic carbocycles. The van der Waals surface area contributed by atoms with Gasteiger partial charge in [0.2, 0.25) is 0 Å². The summed E-state index contributed by atoms with van der Waals surface area (Å²) in [5.74, 6) is 0. The Morgan fingerprint density at radius 2 is 2.00 bits per heavy atom. The fourth-order valence-corrected chi connectivity index (χ4v) is 1.33. The van der Waals surface area contributed by atoms with Crippen LogP contribution in [0.25, 0.3) is 0 Å². The van der Waals surface area contributed by atoms with Gasteiger partial charge >= 0.3 is 6.18 Å². The highest BCUT2D eigenvalue weighted by molar-refractivity contribution is 6.30. The minimum absolute atomic E-state index is 0.00694. The SMILES string of the molecule is COC(c1cccc(Cl)c1)C(F)(F)F. The van der Waals surface area contributed by atoms with Crippen LogP contribution in [0.3, 0.4) is 0 Å².